The van der Waals surface area contributed by atoms with E-state index in [1.807, 2.05) is 48.5 Å². The van der Waals surface area contributed by atoms with E-state index >= 15 is 0 Å². The van der Waals surface area contributed by atoms with Crippen LogP contribution in [0.4, 0.5) is 39.4 Å². The van der Waals surface area contributed by atoms with Crippen LogP contribution in [0.1, 0.15) is 12.1 Å². The van der Waals surface area contributed by atoms with E-state index in [4.69, 9.17) is 16.3 Å². The molecule has 14 nitrogen and oxygen atoms in total. The quantitative estimate of drug-likeness (QED) is 0.201. The minimum atomic E-state index is -2.54. The van der Waals surface area contributed by atoms with Gasteiger partial charge < -0.3 is 24.8 Å². The van der Waals surface area contributed by atoms with Crippen LogP contribution >= 0.6 is 18.7 Å². The molecule has 2 aliphatic rings. The summed E-state index contributed by atoms with van der Waals surface area (Å²) in [6, 6.07) is 16.5. The Bertz CT molecular complexity index is 1860. The maximum atomic E-state index is 12.8. The van der Waals surface area contributed by atoms with Gasteiger partial charge in [-0.1, -0.05) is 23.7 Å². The van der Waals surface area contributed by atoms with Crippen LogP contribution in [0, 0.1) is 0 Å². The molecule has 0 radical (unpaired) electrons. The molecule has 0 atom stereocenters. The van der Waals surface area contributed by atoms with E-state index in [-0.39, 0.29) is 18.9 Å². The third kappa shape index (κ3) is 7.67. The molecule has 16 heteroatoms. The number of piperazine rings is 1. The average molecular weight is 691 g/mol. The number of anilines is 6. The number of nitrogens with one attached hydrogen (secondary N) is 3. The number of rotatable bonds is 10. The molecule has 0 saturated carbocycles. The first kappa shape index (κ1) is 33.1. The molecule has 4 heterocycles. The van der Waals surface area contributed by atoms with Gasteiger partial charge in [0.2, 0.25) is 11.9 Å². The third-order valence-corrected chi connectivity index (χ3v) is 9.90. The molecule has 2 aliphatic heterocycles. The van der Waals surface area contributed by atoms with Crippen LogP contribution in [0.25, 0.3) is 0 Å². The molecule has 3 amide bonds. The van der Waals surface area contributed by atoms with E-state index in [2.05, 4.69) is 45.9 Å². The summed E-state index contributed by atoms with van der Waals surface area (Å²) >= 11 is 6.43. The summed E-state index contributed by atoms with van der Waals surface area (Å²) in [4.78, 5) is 38.5. The van der Waals surface area contributed by atoms with Crippen LogP contribution in [-0.2, 0) is 15.9 Å². The molecule has 250 valence electrons. The maximum Gasteiger partial charge on any atom is 0.329 e. The fourth-order valence-electron chi connectivity index (χ4n) is 5.55. The second-order valence-electron chi connectivity index (χ2n) is 11.8. The zero-order valence-electron chi connectivity index (χ0n) is 26.8. The van der Waals surface area contributed by atoms with Crippen LogP contribution in [0.3, 0.4) is 0 Å². The number of carbonyl (C=O) groups is 2. The molecule has 0 bridgehead atoms. The van der Waals surface area contributed by atoms with Gasteiger partial charge in [0.15, 0.2) is 11.6 Å². The number of nitrogens with zero attached hydrogens (tertiary/aromatic N) is 7. The Morgan fingerprint density at radius 2 is 1.75 bits per heavy atom. The highest BCUT2D eigenvalue weighted by atomic mass is 35.5. The van der Waals surface area contributed by atoms with E-state index in [9.17, 15) is 14.2 Å². The largest absolute Gasteiger partial charge is 0.494 e. The lowest BCUT2D eigenvalue weighted by atomic mass is 10.2. The van der Waals surface area contributed by atoms with Gasteiger partial charge in [0.25, 0.3) is 0 Å². The van der Waals surface area contributed by atoms with Gasteiger partial charge in [0.05, 0.1) is 30.4 Å². The number of aromatic nitrogens is 4. The van der Waals surface area contributed by atoms with E-state index in [0.29, 0.717) is 51.6 Å². The number of hydrogen-bond acceptors (Lipinski definition) is 12. The Kier molecular flexibility index (Phi) is 9.76. The Balaban J connectivity index is 1.07. The fraction of sp³-hybridized carbons (Fsp3) is 0.312. The van der Waals surface area contributed by atoms with Gasteiger partial charge in [-0.05, 0) is 49.7 Å². The highest BCUT2D eigenvalue weighted by Gasteiger charge is 2.26. The van der Waals surface area contributed by atoms with Gasteiger partial charge in [-0.3, -0.25) is 19.9 Å². The number of methoxy groups -OCH3 is 1. The summed E-state index contributed by atoms with van der Waals surface area (Å²) in [5.41, 5.74) is 3.20. The molecule has 3 N–H and O–H groups in total. The number of amides is 3. The van der Waals surface area contributed by atoms with Crippen molar-refractivity contribution in [3.05, 3.63) is 71.5 Å². The number of benzene rings is 2. The number of imide groups is 1. The SMILES string of the molecule is COc1cc(N2CCN(Cc3ccc(N4CCC(=O)NC4=O)nn3)CC2)ccc1Nc1ncc(Cl)c(Nc2ccccc2P(C)(C)=O)n1. The molecule has 2 fully saturated rings. The number of para-hydroxylation sites is 1. The number of urea groups is 1. The van der Waals surface area contributed by atoms with Gasteiger partial charge >= 0.3 is 6.03 Å². The summed E-state index contributed by atoms with van der Waals surface area (Å²) in [6.07, 6.45) is 1.75. The molecular weight excluding hydrogens is 655 g/mol. The minimum absolute atomic E-state index is 0.237. The molecule has 0 spiro atoms. The number of halogens is 1. The van der Waals surface area contributed by atoms with Crippen LogP contribution in [-0.4, -0.2) is 90.2 Å². The normalized spacial score (nSPS) is 15.7. The standard InChI is InChI=1S/C32H36ClN10O4P/c1-47-26-18-22(42-16-14-41(15-17-42)20-21-8-11-28(40-39-21)43-13-12-29(44)37-32(43)45)9-10-24(26)36-31-34-19-23(33)30(38-31)35-25-6-4-5-7-27(25)48(2,3)46/h4-11,18-19H,12-17,20H2,1-3H3,(H,37,44,45)(H2,34,35,36,38). The molecule has 6 rings (SSSR count). The van der Waals surface area contributed by atoms with E-state index < -0.39 is 13.2 Å². The van der Waals surface area contributed by atoms with Crippen molar-refractivity contribution in [2.75, 3.05) is 73.6 Å². The summed E-state index contributed by atoms with van der Waals surface area (Å²) in [6.45, 7) is 7.63. The second kappa shape index (κ2) is 14.1. The van der Waals surface area contributed by atoms with Crippen molar-refractivity contribution >= 4 is 70.6 Å². The van der Waals surface area contributed by atoms with Crippen molar-refractivity contribution in [2.24, 2.45) is 0 Å². The fourth-order valence-corrected chi connectivity index (χ4v) is 6.84. The Labute approximate surface area is 283 Å². The Morgan fingerprint density at radius 3 is 2.46 bits per heavy atom. The lowest BCUT2D eigenvalue weighted by Crippen LogP contribution is -2.50. The topological polar surface area (TPSA) is 158 Å². The van der Waals surface area contributed by atoms with E-state index in [0.717, 1.165) is 37.6 Å². The van der Waals surface area contributed by atoms with Gasteiger partial charge in [-0.15, -0.1) is 5.10 Å². The van der Waals surface area contributed by atoms with Gasteiger partial charge in [-0.25, -0.2) is 9.78 Å². The summed E-state index contributed by atoms with van der Waals surface area (Å²) in [5.74, 6) is 1.48. The van der Waals surface area contributed by atoms with Crippen molar-refractivity contribution in [2.45, 2.75) is 13.0 Å². The Morgan fingerprint density at radius 1 is 0.958 bits per heavy atom. The van der Waals surface area contributed by atoms with E-state index in [1.165, 1.54) is 11.1 Å². The highest BCUT2D eigenvalue weighted by molar-refractivity contribution is 7.70. The van der Waals surface area contributed by atoms with Gasteiger partial charge in [-0.2, -0.15) is 10.1 Å². The van der Waals surface area contributed by atoms with Crippen molar-refractivity contribution in [1.29, 1.82) is 0 Å². The van der Waals surface area contributed by atoms with Gasteiger partial charge in [0.1, 0.15) is 17.9 Å². The summed E-state index contributed by atoms with van der Waals surface area (Å²) in [5, 5.41) is 18.3. The number of carbonyl (C=O) groups excluding carboxylic acids is 2. The first-order valence-corrected chi connectivity index (χ1v) is 18.4. The number of hydrogen-bond donors (Lipinski definition) is 3. The van der Waals surface area contributed by atoms with Crippen molar-refractivity contribution < 1.29 is 18.9 Å². The number of ether oxygens (including phenoxy) is 1. The maximum absolute atomic E-state index is 12.8. The average Bonchev–Trinajstić information content (AvgIpc) is 3.07. The molecule has 4 aromatic rings. The molecule has 2 aromatic heterocycles. The smallest absolute Gasteiger partial charge is 0.329 e. The lowest BCUT2D eigenvalue weighted by Gasteiger charge is -2.36. The van der Waals surface area contributed by atoms with Crippen molar-refractivity contribution in [1.82, 2.24) is 30.4 Å². The molecule has 0 aliphatic carbocycles. The van der Waals surface area contributed by atoms with E-state index in [1.54, 1.807) is 26.5 Å². The molecule has 2 aromatic carbocycles. The molecule has 48 heavy (non-hydrogen) atoms. The van der Waals surface area contributed by atoms with Crippen molar-refractivity contribution in [3.8, 4) is 5.75 Å². The van der Waals surface area contributed by atoms with Crippen LogP contribution in [0.5, 0.6) is 5.75 Å². The van der Waals surface area contributed by atoms with Crippen LogP contribution in [0.2, 0.25) is 5.02 Å². The predicted octanol–water partition coefficient (Wildman–Crippen LogP) is 4.43. The highest BCUT2D eigenvalue weighted by Crippen LogP contribution is 2.39. The second-order valence-corrected chi connectivity index (χ2v) is 15.4. The Hall–Kier alpha value is -4.78. The molecule has 0 unspecified atom stereocenters. The first-order chi connectivity index (χ1) is 23.1. The molecule has 2 saturated heterocycles. The lowest BCUT2D eigenvalue weighted by molar-refractivity contribution is -0.120. The summed E-state index contributed by atoms with van der Waals surface area (Å²) in [7, 11) is -0.927. The van der Waals surface area contributed by atoms with Gasteiger partial charge in [0, 0.05) is 62.7 Å². The van der Waals surface area contributed by atoms with Crippen LogP contribution in [0.15, 0.2) is 60.8 Å². The first-order valence-electron chi connectivity index (χ1n) is 15.4. The zero-order valence-corrected chi connectivity index (χ0v) is 28.5. The zero-order chi connectivity index (χ0) is 33.8. The minimum Gasteiger partial charge on any atom is -0.494 e. The van der Waals surface area contributed by atoms with Crippen LogP contribution < -0.4 is 35.8 Å². The third-order valence-electron chi connectivity index (χ3n) is 8.07. The molecular formula is C32H36ClN10O4P. The predicted molar refractivity (Wildman–Crippen MR) is 187 cm³/mol. The summed E-state index contributed by atoms with van der Waals surface area (Å²) < 4.78 is 18.6. The van der Waals surface area contributed by atoms with Crippen molar-refractivity contribution in [3.63, 3.8) is 0 Å². The monoisotopic (exact) mass is 690 g/mol.